The molecule has 2 aliphatic carbocycles. The zero-order valence-electron chi connectivity index (χ0n) is 27.8. The second kappa shape index (κ2) is 11.6. The standard InChI is InChI=1S/C34H39ClF5N7O3/c1-45(2)31(5-3-6-31)15-47-28-23-27(43-30(44-28)50-16-32-7-4-8-46(32)14-18(36)11-32)25(37)26(42-29(23)49-17-33(47)12-20(48)13-33)21-9-19(41)10-22(35)24(21)34(38,39)40/h9-10,18,20,48H,3-8,11-17,41H2,1-2H3/t18-,20?,32+,33?/m1/s1. The number of nitrogens with zero attached hydrogens (tertiary/aromatic N) is 6. The van der Waals surface area contributed by atoms with Crippen molar-refractivity contribution >= 4 is 34.0 Å². The van der Waals surface area contributed by atoms with Crippen LogP contribution in [0.5, 0.6) is 11.9 Å². The monoisotopic (exact) mass is 723 g/mol. The summed E-state index contributed by atoms with van der Waals surface area (Å²) in [6.45, 7) is 1.54. The van der Waals surface area contributed by atoms with Gasteiger partial charge in [-0.1, -0.05) is 11.6 Å². The summed E-state index contributed by atoms with van der Waals surface area (Å²) in [6, 6.07) is 1.73. The van der Waals surface area contributed by atoms with E-state index in [0.717, 1.165) is 44.4 Å². The molecule has 5 heterocycles. The quantitative estimate of drug-likeness (QED) is 0.236. The van der Waals surface area contributed by atoms with Crippen LogP contribution >= 0.6 is 11.6 Å². The van der Waals surface area contributed by atoms with Gasteiger partial charge in [0.1, 0.15) is 41.8 Å². The molecule has 3 aliphatic heterocycles. The highest BCUT2D eigenvalue weighted by atomic mass is 35.5. The summed E-state index contributed by atoms with van der Waals surface area (Å²) in [5, 5.41) is 10.0. The minimum absolute atomic E-state index is 0.00701. The van der Waals surface area contributed by atoms with E-state index in [1.807, 2.05) is 19.0 Å². The molecule has 8 rings (SSSR count). The lowest BCUT2D eigenvalue weighted by atomic mass is 9.70. The first kappa shape index (κ1) is 33.9. The summed E-state index contributed by atoms with van der Waals surface area (Å²) < 4.78 is 87.4. The summed E-state index contributed by atoms with van der Waals surface area (Å²) in [7, 11) is 4.01. The number of nitrogen functional groups attached to an aromatic ring is 1. The summed E-state index contributed by atoms with van der Waals surface area (Å²) >= 11 is 6.07. The van der Waals surface area contributed by atoms with Crippen molar-refractivity contribution in [2.24, 2.45) is 0 Å². The summed E-state index contributed by atoms with van der Waals surface area (Å²) in [6.07, 6.45) is -1.30. The highest BCUT2D eigenvalue weighted by Crippen LogP contribution is 2.52. The highest BCUT2D eigenvalue weighted by Gasteiger charge is 2.55. The molecule has 0 amide bonds. The van der Waals surface area contributed by atoms with Gasteiger partial charge in [-0.2, -0.15) is 23.1 Å². The zero-order valence-corrected chi connectivity index (χ0v) is 28.5. The van der Waals surface area contributed by atoms with Gasteiger partial charge in [0.05, 0.1) is 27.8 Å². The number of pyridine rings is 1. The van der Waals surface area contributed by atoms with Gasteiger partial charge in [-0.05, 0) is 64.9 Å². The second-order valence-electron chi connectivity index (χ2n) is 15.1. The number of fused-ring (bicyclic) bond motifs is 1. The molecule has 1 spiro atoms. The number of anilines is 2. The van der Waals surface area contributed by atoms with Gasteiger partial charge >= 0.3 is 12.2 Å². The number of ether oxygens (including phenoxy) is 2. The number of aliphatic hydroxyl groups excluding tert-OH is 1. The lowest BCUT2D eigenvalue weighted by Gasteiger charge is -2.57. The Bertz CT molecular complexity index is 1850. The van der Waals surface area contributed by atoms with E-state index >= 15 is 4.39 Å². The maximum atomic E-state index is 17.0. The molecule has 3 aromatic rings. The summed E-state index contributed by atoms with van der Waals surface area (Å²) in [4.78, 5) is 20.0. The number of nitrogens with two attached hydrogens (primary N) is 1. The van der Waals surface area contributed by atoms with E-state index < -0.39 is 57.2 Å². The van der Waals surface area contributed by atoms with E-state index in [4.69, 9.17) is 31.8 Å². The Morgan fingerprint density at radius 1 is 1.12 bits per heavy atom. The van der Waals surface area contributed by atoms with Crippen molar-refractivity contribution in [3.63, 3.8) is 0 Å². The molecular formula is C34H39ClF5N7O3. The highest BCUT2D eigenvalue weighted by molar-refractivity contribution is 6.32. The Hall–Kier alpha value is -3.27. The Kier molecular flexibility index (Phi) is 7.87. The summed E-state index contributed by atoms with van der Waals surface area (Å²) in [5.41, 5.74) is 1.20. The van der Waals surface area contributed by atoms with Gasteiger partial charge < -0.3 is 30.1 Å². The number of halogens is 6. The molecule has 2 aromatic heterocycles. The zero-order chi connectivity index (χ0) is 35.4. The molecule has 0 radical (unpaired) electrons. The smallest absolute Gasteiger partial charge is 0.418 e. The predicted molar refractivity (Wildman–Crippen MR) is 177 cm³/mol. The topological polar surface area (TPSA) is 113 Å². The number of benzene rings is 1. The van der Waals surface area contributed by atoms with Gasteiger partial charge in [-0.25, -0.2) is 13.8 Å². The van der Waals surface area contributed by atoms with Gasteiger partial charge in [0.25, 0.3) is 0 Å². The largest absolute Gasteiger partial charge is 0.475 e. The molecule has 2 saturated carbocycles. The molecule has 4 fully saturated rings. The average Bonchev–Trinajstić information content (AvgIpc) is 3.48. The lowest BCUT2D eigenvalue weighted by Crippen LogP contribution is -2.68. The number of aromatic nitrogens is 3. The molecule has 2 saturated heterocycles. The first-order chi connectivity index (χ1) is 23.6. The Morgan fingerprint density at radius 3 is 2.54 bits per heavy atom. The van der Waals surface area contributed by atoms with Crippen molar-refractivity contribution in [3.05, 3.63) is 28.5 Å². The van der Waals surface area contributed by atoms with E-state index in [1.165, 1.54) is 0 Å². The molecule has 16 heteroatoms. The van der Waals surface area contributed by atoms with Crippen LogP contribution in [0.2, 0.25) is 5.02 Å². The van der Waals surface area contributed by atoms with Crippen LogP contribution in [0.25, 0.3) is 22.2 Å². The van der Waals surface area contributed by atoms with Crippen LogP contribution in [0.3, 0.4) is 0 Å². The average molecular weight is 724 g/mol. The number of hydrogen-bond donors (Lipinski definition) is 2. The number of hydrogen-bond acceptors (Lipinski definition) is 10. The van der Waals surface area contributed by atoms with Gasteiger partial charge in [-0.15, -0.1) is 0 Å². The summed E-state index contributed by atoms with van der Waals surface area (Å²) in [5.74, 6) is -1.06. The maximum absolute atomic E-state index is 17.0. The van der Waals surface area contributed by atoms with Crippen molar-refractivity contribution in [3.8, 4) is 23.1 Å². The fourth-order valence-corrected chi connectivity index (χ4v) is 9.26. The minimum atomic E-state index is -4.97. The third-order valence-electron chi connectivity index (χ3n) is 11.8. The first-order valence-electron chi connectivity index (χ1n) is 17.0. The molecule has 0 bridgehead atoms. The van der Waals surface area contributed by atoms with Gasteiger partial charge in [0.2, 0.25) is 5.88 Å². The molecular weight excluding hydrogens is 685 g/mol. The molecule has 3 N–H and O–H groups in total. The Morgan fingerprint density at radius 2 is 1.88 bits per heavy atom. The molecule has 10 nitrogen and oxygen atoms in total. The van der Waals surface area contributed by atoms with E-state index in [1.54, 1.807) is 0 Å². The molecule has 5 aliphatic rings. The Balaban J connectivity index is 1.34. The normalized spacial score (nSPS) is 28.8. The van der Waals surface area contributed by atoms with Crippen LogP contribution in [0, 0.1) is 5.82 Å². The van der Waals surface area contributed by atoms with Crippen molar-refractivity contribution in [2.75, 3.05) is 57.6 Å². The second-order valence-corrected chi connectivity index (χ2v) is 15.5. The van der Waals surface area contributed by atoms with Crippen LogP contribution in [-0.2, 0) is 6.18 Å². The van der Waals surface area contributed by atoms with E-state index in [-0.39, 0.29) is 59.5 Å². The van der Waals surface area contributed by atoms with Gasteiger partial charge in [0, 0.05) is 49.1 Å². The fourth-order valence-electron chi connectivity index (χ4n) is 8.93. The molecule has 270 valence electrons. The fraction of sp³-hybridized carbons (Fsp3) is 0.618. The SMILES string of the molecule is CN(C)C1(CN2c3nc(OC[C@@]45CCCN4C[C@H](F)C5)nc4c(F)c(-c5cc(N)cc(Cl)c5C(F)(F)F)nc(c34)OCC23CC(O)C3)CCC1. The molecule has 1 aromatic carbocycles. The minimum Gasteiger partial charge on any atom is -0.475 e. The number of alkyl halides is 4. The van der Waals surface area contributed by atoms with Gasteiger partial charge in [0.15, 0.2) is 5.82 Å². The third kappa shape index (κ3) is 5.24. The maximum Gasteiger partial charge on any atom is 0.418 e. The van der Waals surface area contributed by atoms with Crippen molar-refractivity contribution in [1.29, 1.82) is 0 Å². The van der Waals surface area contributed by atoms with Crippen molar-refractivity contribution < 1.29 is 36.5 Å². The molecule has 0 unspecified atom stereocenters. The number of aliphatic hydroxyl groups is 1. The molecule has 50 heavy (non-hydrogen) atoms. The van der Waals surface area contributed by atoms with E-state index in [9.17, 15) is 22.7 Å². The van der Waals surface area contributed by atoms with E-state index in [2.05, 4.69) is 19.8 Å². The van der Waals surface area contributed by atoms with Crippen LogP contribution in [-0.4, -0.2) is 106 Å². The number of likely N-dealkylation sites (N-methyl/N-ethyl adjacent to an activating group) is 1. The molecule has 2 atom stereocenters. The predicted octanol–water partition coefficient (Wildman–Crippen LogP) is 5.62. The van der Waals surface area contributed by atoms with Crippen LogP contribution in [0.1, 0.15) is 56.9 Å². The van der Waals surface area contributed by atoms with Crippen LogP contribution < -0.4 is 20.1 Å². The van der Waals surface area contributed by atoms with Crippen molar-refractivity contribution in [2.45, 2.75) is 86.4 Å². The Labute approximate surface area is 290 Å². The third-order valence-corrected chi connectivity index (χ3v) is 12.1. The lowest BCUT2D eigenvalue weighted by molar-refractivity contribution is -0.137. The van der Waals surface area contributed by atoms with Gasteiger partial charge in [-0.3, -0.25) is 4.90 Å². The van der Waals surface area contributed by atoms with Crippen molar-refractivity contribution in [1.82, 2.24) is 24.8 Å². The first-order valence-corrected chi connectivity index (χ1v) is 17.4. The number of rotatable bonds is 7. The van der Waals surface area contributed by atoms with Crippen LogP contribution in [0.15, 0.2) is 12.1 Å². The van der Waals surface area contributed by atoms with E-state index in [0.29, 0.717) is 32.4 Å². The van der Waals surface area contributed by atoms with Crippen LogP contribution in [0.4, 0.5) is 33.5 Å².